The van der Waals surface area contributed by atoms with Gasteiger partial charge in [-0.3, -0.25) is 19.3 Å². The maximum atomic E-state index is 17.4. The monoisotopic (exact) mass is 1090 g/mol. The van der Waals surface area contributed by atoms with Gasteiger partial charge in [-0.25, -0.2) is 4.39 Å². The average molecular weight is 1090 g/mol. The Morgan fingerprint density at radius 1 is 0.882 bits per heavy atom. The summed E-state index contributed by atoms with van der Waals surface area (Å²) >= 11 is 0. The Morgan fingerprint density at radius 2 is 1.57 bits per heavy atom. The van der Waals surface area contributed by atoms with Gasteiger partial charge in [0.05, 0.1) is 42.0 Å². The van der Waals surface area contributed by atoms with E-state index < -0.39 is 101 Å². The Bertz CT molecular complexity index is 1940. The molecular weight excluding hydrogens is 986 g/mol. The molecule has 21 atom stereocenters. The number of carbonyl (C=O) groups excluding carboxylic acids is 3. The van der Waals surface area contributed by atoms with E-state index >= 15 is 4.39 Å². The molecule has 0 aromatic rings. The Labute approximate surface area is 452 Å². The van der Waals surface area contributed by atoms with E-state index in [1.54, 1.807) is 26.8 Å². The van der Waals surface area contributed by atoms with Crippen LogP contribution in [0.1, 0.15) is 152 Å². The molecule has 6 fully saturated rings. The molecule has 0 bridgehead atoms. The van der Waals surface area contributed by atoms with E-state index in [-0.39, 0.29) is 47.4 Å². The van der Waals surface area contributed by atoms with Crippen molar-refractivity contribution in [3.8, 4) is 0 Å². The zero-order valence-electron chi connectivity index (χ0n) is 47.8. The zero-order chi connectivity index (χ0) is 56.0. The van der Waals surface area contributed by atoms with Crippen molar-refractivity contribution in [1.82, 2.24) is 15.1 Å². The van der Waals surface area contributed by atoms with E-state index in [2.05, 4.69) is 15.1 Å². The molecule has 0 radical (unpaired) electrons. The number of nitrogens with zero attached hydrogens (tertiary/aromatic N) is 2. The highest BCUT2D eigenvalue weighted by Crippen LogP contribution is 2.69. The number of hydrogen-bond acceptors (Lipinski definition) is 16. The first-order valence-corrected chi connectivity index (χ1v) is 28.2. The highest BCUT2D eigenvalue weighted by Gasteiger charge is 2.71. The fourth-order valence-electron chi connectivity index (χ4n) is 14.1. The predicted octanol–water partition coefficient (Wildman–Crippen LogP) is 3.91. The Kier molecular flexibility index (Phi) is 24.1. The summed E-state index contributed by atoms with van der Waals surface area (Å²) in [6.45, 7) is 18.3. The molecule has 3 saturated carbocycles. The maximum absolute atomic E-state index is 17.4. The fraction of sp³-hybridized carbons (Fsp3) is 0.877. The smallest absolute Gasteiger partial charge is 0.309 e. The summed E-state index contributed by atoms with van der Waals surface area (Å²) in [4.78, 5) is 43.0. The van der Waals surface area contributed by atoms with Crippen molar-refractivity contribution in [2.75, 3.05) is 40.8 Å². The molecule has 0 aromatic carbocycles. The number of nitrogens with one attached hydrogen (secondary N) is 1. The van der Waals surface area contributed by atoms with Crippen LogP contribution >= 0.6 is 0 Å². The second-order valence-electron chi connectivity index (χ2n) is 24.5. The molecule has 3 aliphatic heterocycles. The van der Waals surface area contributed by atoms with Gasteiger partial charge in [-0.15, -0.1) is 0 Å². The summed E-state index contributed by atoms with van der Waals surface area (Å²) in [5, 5.41) is 76.1. The van der Waals surface area contributed by atoms with Gasteiger partial charge in [0.15, 0.2) is 24.0 Å². The number of rotatable bonds is 8. The lowest BCUT2D eigenvalue weighted by Crippen LogP contribution is -2.67. The summed E-state index contributed by atoms with van der Waals surface area (Å²) < 4.78 is 38.4. The van der Waals surface area contributed by atoms with Gasteiger partial charge in [0.2, 0.25) is 5.91 Å². The average Bonchev–Trinajstić information content (AvgIpc) is 3.68. The molecular formula is C57H100FN3O15. The van der Waals surface area contributed by atoms with Gasteiger partial charge in [0.25, 0.3) is 0 Å². The predicted molar refractivity (Wildman–Crippen MR) is 285 cm³/mol. The van der Waals surface area contributed by atoms with Crippen LogP contribution in [0.3, 0.4) is 0 Å². The molecule has 0 spiro atoms. The van der Waals surface area contributed by atoms with Gasteiger partial charge in [-0.05, 0) is 162 Å². The van der Waals surface area contributed by atoms with E-state index in [9.17, 15) is 50.1 Å². The van der Waals surface area contributed by atoms with Crippen molar-refractivity contribution >= 4 is 17.7 Å². The Morgan fingerprint density at radius 3 is 2.20 bits per heavy atom. The van der Waals surface area contributed by atoms with Crippen LogP contribution in [-0.2, 0) is 33.3 Å². The zero-order valence-corrected chi connectivity index (χ0v) is 47.8. The van der Waals surface area contributed by atoms with E-state index in [0.29, 0.717) is 96.3 Å². The summed E-state index contributed by atoms with van der Waals surface area (Å²) in [5.41, 5.74) is -3.48. The molecule has 440 valence electrons. The van der Waals surface area contributed by atoms with E-state index in [1.807, 2.05) is 55.6 Å². The molecule has 0 aromatic heterocycles. The fourth-order valence-corrected chi connectivity index (χ4v) is 14.1. The Hall–Kier alpha value is -2.50. The number of esters is 1. The van der Waals surface area contributed by atoms with Crippen LogP contribution < -0.4 is 5.32 Å². The number of cyclic esters (lactones) is 1. The lowest BCUT2D eigenvalue weighted by Gasteiger charge is -2.61. The number of aliphatic hydroxyl groups excluding tert-OH is 7. The van der Waals surface area contributed by atoms with Crippen molar-refractivity contribution in [2.45, 2.75) is 237 Å². The number of alkyl halides is 1. The first kappa shape index (κ1) is 66.0. The highest BCUT2D eigenvalue weighted by atomic mass is 19.1. The molecule has 18 nitrogen and oxygen atoms in total. The third kappa shape index (κ3) is 14.9. The minimum absolute atomic E-state index is 0. The van der Waals surface area contributed by atoms with Crippen LogP contribution in [0, 0.1) is 40.4 Å². The number of amides is 1. The molecule has 3 unspecified atom stereocenters. The van der Waals surface area contributed by atoms with Gasteiger partial charge < -0.3 is 70.4 Å². The van der Waals surface area contributed by atoms with Crippen LogP contribution in [-0.4, -0.2) is 194 Å². The normalized spacial score (nSPS) is 44.3. The molecule has 19 heteroatoms. The summed E-state index contributed by atoms with van der Waals surface area (Å²) in [5.74, 6) is -1.77. The van der Waals surface area contributed by atoms with Crippen molar-refractivity contribution in [2.24, 2.45) is 40.4 Å². The number of aliphatic hydroxyl groups is 7. The van der Waals surface area contributed by atoms with E-state index in [4.69, 9.17) is 18.9 Å². The number of fused-ring (bicyclic) bond motifs is 5. The number of methoxy groups -OCH3 is 1. The van der Waals surface area contributed by atoms with Gasteiger partial charge in [-0.1, -0.05) is 39.3 Å². The lowest BCUT2D eigenvalue weighted by atomic mass is 9.45. The van der Waals surface area contributed by atoms with Crippen LogP contribution in [0.4, 0.5) is 4.39 Å². The SMILES string of the molecule is CC[C@H]1OC(=O)[C@H](C)C[C@H](C)C[C@H](O)CCCN(CCCNC(=O)[C@H]2CCC3C4CCC5=CC(=O)C=C[C@]5(C)[C@@]4(F)[C@@H](O)C[C@@]32C)[C@H](C)[C@@H](O)[C@@H]1O.CO[C@@]1(C)C[C@@H](O)OC(C)[C@H]1O.C[C@@H]1C[C@@H](N(C)C)C[C@H](O)O1.O. The maximum Gasteiger partial charge on any atom is 0.309 e. The van der Waals surface area contributed by atoms with Gasteiger partial charge in [0, 0.05) is 62.4 Å². The molecule has 76 heavy (non-hydrogen) atoms. The van der Waals surface area contributed by atoms with Crippen molar-refractivity contribution in [1.29, 1.82) is 0 Å². The number of ether oxygens (including phenoxy) is 4. The summed E-state index contributed by atoms with van der Waals surface area (Å²) in [6.07, 6.45) is 5.23. The van der Waals surface area contributed by atoms with E-state index in [0.717, 1.165) is 18.4 Å². The molecule has 3 saturated heterocycles. The first-order chi connectivity index (χ1) is 35.1. The molecule has 1 amide bonds. The second kappa shape index (κ2) is 27.8. The minimum atomic E-state index is -1.91. The number of halogens is 1. The third-order valence-corrected chi connectivity index (χ3v) is 18.8. The van der Waals surface area contributed by atoms with Gasteiger partial charge in [0.1, 0.15) is 18.3 Å². The van der Waals surface area contributed by atoms with Crippen molar-refractivity contribution < 1.29 is 78.9 Å². The summed E-state index contributed by atoms with van der Waals surface area (Å²) in [6, 6.07) is -0.0186. The third-order valence-electron chi connectivity index (χ3n) is 18.8. The minimum Gasteiger partial charge on any atom is -0.459 e. The standard InChI is InChI=1S/C41H65FN2O8.C8H17NO2.C8H16O4.H2O/c1-7-33-36(49)35(48)26(4)44(18-8-10-28(45)21-24(2)20-25(3)38(51)52-33)19-9-17-43-37(50)32-14-13-30-31-12-11-27-22-29(46)15-16-40(27,6)41(31,42)34(47)23-39(30,32)5;1-6-4-7(9(2)3)5-8(10)11-6;1-5-7(10)8(2,11-3)4-6(9)12-5;/h15-16,22,24-26,28,30-36,45,47-49H,7-14,17-21,23H2,1-6H3,(H,43,50);6-8,10H,4-5H2,1-3H3;5-7,9-10H,4H2,1-3H3;1H2/t24-,25+,26+,28+,30?,31?,32+,33+,34-,35+,36+,39-,40-,41-;6-,7-,8-;5?,6-,7+,8-;/m010./s1. The van der Waals surface area contributed by atoms with Gasteiger partial charge >= 0.3 is 5.97 Å². The van der Waals surface area contributed by atoms with Crippen molar-refractivity contribution in [3.05, 3.63) is 23.8 Å². The highest BCUT2D eigenvalue weighted by molar-refractivity contribution is 6.01. The number of allylic oxidation sites excluding steroid dienone is 4. The molecule has 4 aliphatic carbocycles. The topological polar surface area (TPSA) is 280 Å². The number of carbonyl (C=O) groups is 3. The Balaban J connectivity index is 0.000000425. The molecule has 10 N–H and O–H groups in total. The van der Waals surface area contributed by atoms with Crippen LogP contribution in [0.15, 0.2) is 23.8 Å². The summed E-state index contributed by atoms with van der Waals surface area (Å²) in [7, 11) is 5.60. The second-order valence-corrected chi connectivity index (χ2v) is 24.5. The largest absolute Gasteiger partial charge is 0.459 e. The molecule has 7 aliphatic rings. The lowest BCUT2D eigenvalue weighted by molar-refractivity contribution is -0.263. The number of ketones is 1. The molecule has 3 heterocycles. The number of hydrogen-bond donors (Lipinski definition) is 8. The van der Waals surface area contributed by atoms with Crippen LogP contribution in [0.25, 0.3) is 0 Å². The van der Waals surface area contributed by atoms with Crippen LogP contribution in [0.5, 0.6) is 0 Å². The van der Waals surface area contributed by atoms with Gasteiger partial charge in [-0.2, -0.15) is 0 Å². The quantitative estimate of drug-likeness (QED) is 0.126. The van der Waals surface area contributed by atoms with E-state index in [1.165, 1.54) is 19.3 Å². The first-order valence-electron chi connectivity index (χ1n) is 28.2. The molecule has 7 rings (SSSR count). The van der Waals surface area contributed by atoms with Crippen molar-refractivity contribution in [3.63, 3.8) is 0 Å². The van der Waals surface area contributed by atoms with Crippen LogP contribution in [0.2, 0.25) is 0 Å².